The number of amides is 1. The molecule has 0 saturated heterocycles. The minimum Gasteiger partial charge on any atom is -0.346 e. The summed E-state index contributed by atoms with van der Waals surface area (Å²) >= 11 is 0. The van der Waals surface area contributed by atoms with Crippen LogP contribution < -0.4 is 5.73 Å². The Balaban J connectivity index is 0.00000312. The first-order valence-corrected chi connectivity index (χ1v) is 8.67. The third-order valence-electron chi connectivity index (χ3n) is 4.37. The maximum absolute atomic E-state index is 13.1. The SMILES string of the molecule is Cc1cc(C(=O)N(CCCN)Cc2ccccc2)c(C)n1C(C)C.Cl. The maximum Gasteiger partial charge on any atom is 0.255 e. The zero-order valence-corrected chi connectivity index (χ0v) is 16.5. The number of carbonyl (C=O) groups is 1. The second-order valence-corrected chi connectivity index (χ2v) is 6.60. The molecule has 0 atom stereocenters. The molecule has 0 bridgehead atoms. The molecule has 0 aliphatic heterocycles. The zero-order valence-electron chi connectivity index (χ0n) is 15.7. The minimum absolute atomic E-state index is 0. The molecule has 0 radical (unpaired) electrons. The molecule has 1 aromatic heterocycles. The van der Waals surface area contributed by atoms with E-state index in [1.165, 1.54) is 0 Å². The Morgan fingerprint density at radius 1 is 1.20 bits per heavy atom. The summed E-state index contributed by atoms with van der Waals surface area (Å²) in [7, 11) is 0. The van der Waals surface area contributed by atoms with Gasteiger partial charge in [0.05, 0.1) is 5.56 Å². The molecule has 1 heterocycles. The first kappa shape index (κ1) is 21.3. The molecule has 2 N–H and O–H groups in total. The van der Waals surface area contributed by atoms with Crippen molar-refractivity contribution in [2.24, 2.45) is 5.73 Å². The Kier molecular flexibility index (Phi) is 8.20. The molecule has 0 aliphatic carbocycles. The van der Waals surface area contributed by atoms with Crippen molar-refractivity contribution in [3.63, 3.8) is 0 Å². The number of halogens is 1. The molecule has 0 spiro atoms. The largest absolute Gasteiger partial charge is 0.346 e. The van der Waals surface area contributed by atoms with Gasteiger partial charge >= 0.3 is 0 Å². The third kappa shape index (κ3) is 5.10. The van der Waals surface area contributed by atoms with Gasteiger partial charge in [-0.1, -0.05) is 30.3 Å². The van der Waals surface area contributed by atoms with Gasteiger partial charge in [-0.2, -0.15) is 0 Å². The molecule has 4 nitrogen and oxygen atoms in total. The zero-order chi connectivity index (χ0) is 17.7. The van der Waals surface area contributed by atoms with E-state index in [1.54, 1.807) is 0 Å². The van der Waals surface area contributed by atoms with Gasteiger partial charge in [-0.15, -0.1) is 12.4 Å². The molecule has 0 saturated carbocycles. The highest BCUT2D eigenvalue weighted by molar-refractivity contribution is 5.95. The fraction of sp³-hybridized carbons (Fsp3) is 0.450. The molecule has 1 amide bonds. The summed E-state index contributed by atoms with van der Waals surface area (Å²) in [5.74, 6) is 0.0901. The Bertz CT molecular complexity index is 680. The lowest BCUT2D eigenvalue weighted by molar-refractivity contribution is 0.0741. The molecule has 5 heteroatoms. The van der Waals surface area contributed by atoms with Gasteiger partial charge in [0.1, 0.15) is 0 Å². The number of hydrogen-bond donors (Lipinski definition) is 1. The summed E-state index contributed by atoms with van der Waals surface area (Å²) in [5.41, 5.74) is 9.77. The van der Waals surface area contributed by atoms with Crippen LogP contribution in [-0.4, -0.2) is 28.5 Å². The Morgan fingerprint density at radius 2 is 1.84 bits per heavy atom. The minimum atomic E-state index is 0. The van der Waals surface area contributed by atoms with Gasteiger partial charge < -0.3 is 15.2 Å². The molecular weight excluding hydrogens is 334 g/mol. The molecule has 25 heavy (non-hydrogen) atoms. The smallest absolute Gasteiger partial charge is 0.255 e. The summed E-state index contributed by atoms with van der Waals surface area (Å²) in [6, 6.07) is 12.5. The van der Waals surface area contributed by atoms with Crippen LogP contribution in [0.25, 0.3) is 0 Å². The van der Waals surface area contributed by atoms with Crippen molar-refractivity contribution in [1.82, 2.24) is 9.47 Å². The monoisotopic (exact) mass is 363 g/mol. The van der Waals surface area contributed by atoms with Crippen molar-refractivity contribution in [2.45, 2.75) is 46.7 Å². The molecule has 0 aliphatic rings. The van der Waals surface area contributed by atoms with Crippen LogP contribution >= 0.6 is 12.4 Å². The highest BCUT2D eigenvalue weighted by Crippen LogP contribution is 2.22. The highest BCUT2D eigenvalue weighted by Gasteiger charge is 2.22. The van der Waals surface area contributed by atoms with E-state index >= 15 is 0 Å². The van der Waals surface area contributed by atoms with Crippen molar-refractivity contribution in [3.8, 4) is 0 Å². The van der Waals surface area contributed by atoms with Crippen molar-refractivity contribution >= 4 is 18.3 Å². The molecule has 2 aromatic rings. The number of nitrogens with zero attached hydrogens (tertiary/aromatic N) is 2. The van der Waals surface area contributed by atoms with E-state index in [4.69, 9.17) is 5.73 Å². The molecule has 0 fully saturated rings. The van der Waals surface area contributed by atoms with Gasteiger partial charge in [0.25, 0.3) is 5.91 Å². The molecule has 2 rings (SSSR count). The Hall–Kier alpha value is -1.78. The number of hydrogen-bond acceptors (Lipinski definition) is 2. The summed E-state index contributed by atoms with van der Waals surface area (Å²) in [6.07, 6.45) is 0.807. The number of carbonyl (C=O) groups excluding carboxylic acids is 1. The Labute approximate surface area is 157 Å². The summed E-state index contributed by atoms with van der Waals surface area (Å²) < 4.78 is 2.22. The maximum atomic E-state index is 13.1. The first-order chi connectivity index (χ1) is 11.5. The average molecular weight is 364 g/mol. The lowest BCUT2D eigenvalue weighted by Gasteiger charge is -2.23. The van der Waals surface area contributed by atoms with E-state index in [0.29, 0.717) is 25.7 Å². The number of rotatable bonds is 7. The third-order valence-corrected chi connectivity index (χ3v) is 4.37. The lowest BCUT2D eigenvalue weighted by atomic mass is 10.1. The summed E-state index contributed by atoms with van der Waals surface area (Å²) in [5, 5.41) is 0. The van der Waals surface area contributed by atoms with Crippen LogP contribution in [0.5, 0.6) is 0 Å². The van der Waals surface area contributed by atoms with Gasteiger partial charge in [0.15, 0.2) is 0 Å². The van der Waals surface area contributed by atoms with Crippen LogP contribution in [0.4, 0.5) is 0 Å². The number of aryl methyl sites for hydroxylation is 1. The predicted octanol–water partition coefficient (Wildman–Crippen LogP) is 4.10. The van der Waals surface area contributed by atoms with Gasteiger partial charge in [-0.25, -0.2) is 0 Å². The van der Waals surface area contributed by atoms with E-state index < -0.39 is 0 Å². The second kappa shape index (κ2) is 9.64. The quantitative estimate of drug-likeness (QED) is 0.805. The van der Waals surface area contributed by atoms with E-state index in [0.717, 1.165) is 28.9 Å². The van der Waals surface area contributed by atoms with Crippen LogP contribution in [0, 0.1) is 13.8 Å². The van der Waals surface area contributed by atoms with Crippen molar-refractivity contribution < 1.29 is 4.79 Å². The molecule has 0 unspecified atom stereocenters. The van der Waals surface area contributed by atoms with Crippen molar-refractivity contribution in [3.05, 3.63) is 58.9 Å². The highest BCUT2D eigenvalue weighted by atomic mass is 35.5. The van der Waals surface area contributed by atoms with E-state index in [-0.39, 0.29) is 18.3 Å². The fourth-order valence-electron chi connectivity index (χ4n) is 3.30. The van der Waals surface area contributed by atoms with Crippen LogP contribution in [0.3, 0.4) is 0 Å². The normalized spacial score (nSPS) is 10.6. The number of nitrogens with two attached hydrogens (primary N) is 1. The predicted molar refractivity (Wildman–Crippen MR) is 106 cm³/mol. The van der Waals surface area contributed by atoms with Gasteiger partial charge in [-0.3, -0.25) is 4.79 Å². The number of aromatic nitrogens is 1. The molecular formula is C20H30ClN3O. The average Bonchev–Trinajstić information content (AvgIpc) is 2.86. The second-order valence-electron chi connectivity index (χ2n) is 6.60. The molecule has 1 aromatic carbocycles. The van der Waals surface area contributed by atoms with Crippen molar-refractivity contribution in [1.29, 1.82) is 0 Å². The number of benzene rings is 1. The van der Waals surface area contributed by atoms with Gasteiger partial charge in [0.2, 0.25) is 0 Å². The Morgan fingerprint density at radius 3 is 2.36 bits per heavy atom. The van der Waals surface area contributed by atoms with Crippen LogP contribution in [0.2, 0.25) is 0 Å². The summed E-state index contributed by atoms with van der Waals surface area (Å²) in [4.78, 5) is 15.0. The lowest BCUT2D eigenvalue weighted by Crippen LogP contribution is -2.32. The van der Waals surface area contributed by atoms with Crippen LogP contribution in [-0.2, 0) is 6.54 Å². The van der Waals surface area contributed by atoms with E-state index in [9.17, 15) is 4.79 Å². The van der Waals surface area contributed by atoms with Crippen molar-refractivity contribution in [2.75, 3.05) is 13.1 Å². The first-order valence-electron chi connectivity index (χ1n) is 8.67. The van der Waals surface area contributed by atoms with Gasteiger partial charge in [-0.05, 0) is 52.3 Å². The van der Waals surface area contributed by atoms with Crippen LogP contribution in [0.15, 0.2) is 36.4 Å². The molecule has 138 valence electrons. The summed E-state index contributed by atoms with van der Waals surface area (Å²) in [6.45, 7) is 10.3. The van der Waals surface area contributed by atoms with E-state index in [1.807, 2.05) is 36.1 Å². The van der Waals surface area contributed by atoms with E-state index in [2.05, 4.69) is 37.5 Å². The fourth-order valence-corrected chi connectivity index (χ4v) is 3.30. The van der Waals surface area contributed by atoms with Crippen LogP contribution in [0.1, 0.15) is 53.6 Å². The standard InChI is InChI=1S/C20H29N3O.ClH/c1-15(2)23-16(3)13-19(17(23)4)20(24)22(12-8-11-21)14-18-9-6-5-7-10-18;/h5-7,9-10,13,15H,8,11-12,14,21H2,1-4H3;1H. The van der Waals surface area contributed by atoms with Gasteiger partial charge in [0, 0.05) is 30.5 Å². The topological polar surface area (TPSA) is 51.3 Å².